The van der Waals surface area contributed by atoms with Gasteiger partial charge in [0, 0.05) is 43.0 Å². The zero-order valence-corrected chi connectivity index (χ0v) is 25.7. The number of piperidine rings is 1. The van der Waals surface area contributed by atoms with Crippen LogP contribution in [-0.4, -0.2) is 55.4 Å². The Balaban J connectivity index is 1.17. The van der Waals surface area contributed by atoms with Gasteiger partial charge in [-0.25, -0.2) is 0 Å². The number of hydrogen-bond acceptors (Lipinski definition) is 7. The van der Waals surface area contributed by atoms with Crippen molar-refractivity contribution in [3.8, 4) is 11.5 Å². The van der Waals surface area contributed by atoms with E-state index in [2.05, 4.69) is 59.3 Å². The lowest BCUT2D eigenvalue weighted by Crippen LogP contribution is -2.50. The van der Waals surface area contributed by atoms with E-state index in [0.29, 0.717) is 26.4 Å². The van der Waals surface area contributed by atoms with Gasteiger partial charge in [0.25, 0.3) is 0 Å². The first-order valence-corrected chi connectivity index (χ1v) is 15.6. The van der Waals surface area contributed by atoms with Crippen LogP contribution in [-0.2, 0) is 29.1 Å². The van der Waals surface area contributed by atoms with Crippen LogP contribution in [0.3, 0.4) is 0 Å². The van der Waals surface area contributed by atoms with Gasteiger partial charge < -0.3 is 24.7 Å². The monoisotopic (exact) mass is 593 g/mol. The minimum Gasteiger partial charge on any atom is -0.493 e. The van der Waals surface area contributed by atoms with Gasteiger partial charge in [-0.15, -0.1) is 0 Å². The number of nitrogens with zero attached hydrogens (tertiary/aromatic N) is 2. The van der Waals surface area contributed by atoms with Crippen LogP contribution in [0.5, 0.6) is 11.5 Å². The number of nitrogens with two attached hydrogens (primary N) is 1. The molecule has 230 valence electrons. The molecule has 0 radical (unpaired) electrons. The maximum Gasteiger partial charge on any atom is 0.162 e. The maximum atomic E-state index is 6.82. The van der Waals surface area contributed by atoms with Crippen molar-refractivity contribution in [3.63, 3.8) is 0 Å². The Morgan fingerprint density at radius 3 is 2.20 bits per heavy atom. The molecule has 3 aromatic carbocycles. The second kappa shape index (κ2) is 14.4. The number of benzene rings is 3. The smallest absolute Gasteiger partial charge is 0.162 e. The van der Waals surface area contributed by atoms with E-state index in [1.807, 2.05) is 48.7 Å². The third-order valence-electron chi connectivity index (χ3n) is 8.78. The first kappa shape index (κ1) is 30.3. The quantitative estimate of drug-likeness (QED) is 0.216. The van der Waals surface area contributed by atoms with Crippen molar-refractivity contribution >= 4 is 0 Å². The van der Waals surface area contributed by atoms with Gasteiger partial charge in [0.05, 0.1) is 33.5 Å². The van der Waals surface area contributed by atoms with Crippen molar-refractivity contribution in [2.45, 2.75) is 57.1 Å². The first-order valence-electron chi connectivity index (χ1n) is 15.6. The number of ether oxygens (including phenoxy) is 4. The number of rotatable bonds is 12. The fraction of sp³-hybridized carbons (Fsp3) is 0.378. The molecular formula is C37H43N3O4. The predicted octanol–water partition coefficient (Wildman–Crippen LogP) is 5.99. The van der Waals surface area contributed by atoms with Crippen LogP contribution in [0.1, 0.15) is 51.9 Å². The van der Waals surface area contributed by atoms with Crippen LogP contribution in [0.25, 0.3) is 0 Å². The van der Waals surface area contributed by atoms with Gasteiger partial charge in [0.15, 0.2) is 11.5 Å². The zero-order valence-electron chi connectivity index (χ0n) is 25.7. The molecule has 2 aliphatic rings. The van der Waals surface area contributed by atoms with Crippen molar-refractivity contribution in [3.05, 3.63) is 125 Å². The molecule has 0 amide bonds. The standard InChI is InChI=1S/C37H43N3O4/c1-26-13-15-39-34(17-26)32-21-40-16-14-29-18-37(36(41-2)19-31(29)35(40)20-33(32)38)44-30(24-42-22-27-9-5-3-6-10-27)25-43-23-28-11-7-4-8-12-28/h3-13,15,17-19,30,32-33,35H,14,16,20-25,38H2,1-2H3/t32-,33-,35-/m1/s1. The Morgan fingerprint density at radius 2 is 1.57 bits per heavy atom. The molecule has 1 fully saturated rings. The SMILES string of the molecule is COc1cc2c(cc1OC(COCc1ccccc1)COCc1ccccc1)CCN1C[C@@H](c3cc(C)ccn3)[C@H](N)C[C@H]21. The molecule has 3 heterocycles. The fourth-order valence-corrected chi connectivity index (χ4v) is 6.45. The lowest BCUT2D eigenvalue weighted by Gasteiger charge is -2.46. The van der Waals surface area contributed by atoms with Gasteiger partial charge in [-0.1, -0.05) is 60.7 Å². The normalized spacial score (nSPS) is 19.8. The first-order chi connectivity index (χ1) is 21.6. The largest absolute Gasteiger partial charge is 0.493 e. The van der Waals surface area contributed by atoms with Crippen molar-refractivity contribution < 1.29 is 18.9 Å². The van der Waals surface area contributed by atoms with Crippen molar-refractivity contribution in [1.82, 2.24) is 9.88 Å². The Morgan fingerprint density at radius 1 is 0.886 bits per heavy atom. The summed E-state index contributed by atoms with van der Waals surface area (Å²) in [7, 11) is 1.70. The lowest BCUT2D eigenvalue weighted by molar-refractivity contribution is -0.0166. The van der Waals surface area contributed by atoms with Crippen molar-refractivity contribution in [2.75, 3.05) is 33.4 Å². The molecule has 0 unspecified atom stereocenters. The molecule has 2 N–H and O–H groups in total. The minimum atomic E-state index is -0.305. The average Bonchev–Trinajstić information content (AvgIpc) is 3.05. The van der Waals surface area contributed by atoms with Gasteiger partial charge in [-0.2, -0.15) is 0 Å². The van der Waals surface area contributed by atoms with Crippen molar-refractivity contribution in [2.24, 2.45) is 5.73 Å². The van der Waals surface area contributed by atoms with Crippen LogP contribution >= 0.6 is 0 Å². The average molecular weight is 594 g/mol. The molecule has 44 heavy (non-hydrogen) atoms. The Kier molecular flexibility index (Phi) is 9.88. The number of aryl methyl sites for hydroxylation is 1. The molecule has 1 aromatic heterocycles. The van der Waals surface area contributed by atoms with E-state index in [4.69, 9.17) is 24.7 Å². The molecule has 0 spiro atoms. The van der Waals surface area contributed by atoms with Crippen molar-refractivity contribution in [1.29, 1.82) is 0 Å². The highest BCUT2D eigenvalue weighted by molar-refractivity contribution is 5.50. The van der Waals surface area contributed by atoms with E-state index >= 15 is 0 Å². The van der Waals surface area contributed by atoms with Crippen LogP contribution in [0.4, 0.5) is 0 Å². The molecule has 7 heteroatoms. The Hall–Kier alpha value is -3.75. The van der Waals surface area contributed by atoms with E-state index in [1.165, 1.54) is 16.7 Å². The number of methoxy groups -OCH3 is 1. The Bertz CT molecular complexity index is 1450. The molecular weight excluding hydrogens is 550 g/mol. The lowest BCUT2D eigenvalue weighted by atomic mass is 9.79. The second-order valence-corrected chi connectivity index (χ2v) is 12.0. The van der Waals surface area contributed by atoms with E-state index < -0.39 is 0 Å². The summed E-state index contributed by atoms with van der Waals surface area (Å²) in [5, 5.41) is 0. The van der Waals surface area contributed by atoms with Gasteiger partial charge in [0.2, 0.25) is 0 Å². The summed E-state index contributed by atoms with van der Waals surface area (Å²) in [6, 6.07) is 29.2. The maximum absolute atomic E-state index is 6.82. The topological polar surface area (TPSA) is 79.1 Å². The van der Waals surface area contributed by atoms with Gasteiger partial charge in [0.1, 0.15) is 6.10 Å². The summed E-state index contributed by atoms with van der Waals surface area (Å²) in [6.45, 7) is 5.80. The van der Waals surface area contributed by atoms with Gasteiger partial charge in [-0.05, 0) is 71.8 Å². The summed E-state index contributed by atoms with van der Waals surface area (Å²) in [5.41, 5.74) is 14.0. The molecule has 3 atom stereocenters. The zero-order chi connectivity index (χ0) is 30.3. The third-order valence-corrected chi connectivity index (χ3v) is 8.78. The van der Waals surface area contributed by atoms with Crippen LogP contribution in [0, 0.1) is 6.92 Å². The summed E-state index contributed by atoms with van der Waals surface area (Å²) < 4.78 is 24.7. The fourth-order valence-electron chi connectivity index (χ4n) is 6.45. The third kappa shape index (κ3) is 7.30. The minimum absolute atomic E-state index is 0.0336. The number of pyridine rings is 1. The van der Waals surface area contributed by atoms with Crippen LogP contribution in [0.2, 0.25) is 0 Å². The van der Waals surface area contributed by atoms with E-state index in [1.54, 1.807) is 7.11 Å². The molecule has 6 rings (SSSR count). The van der Waals surface area contributed by atoms with Crippen LogP contribution < -0.4 is 15.2 Å². The molecule has 4 aromatic rings. The van der Waals surface area contributed by atoms with Gasteiger partial charge in [-0.3, -0.25) is 9.88 Å². The highest BCUT2D eigenvalue weighted by Crippen LogP contribution is 2.44. The highest BCUT2D eigenvalue weighted by Gasteiger charge is 2.39. The second-order valence-electron chi connectivity index (χ2n) is 12.0. The summed E-state index contributed by atoms with van der Waals surface area (Å²) in [5.74, 6) is 1.67. The molecule has 0 aliphatic carbocycles. The predicted molar refractivity (Wildman–Crippen MR) is 172 cm³/mol. The van der Waals surface area contributed by atoms with Gasteiger partial charge >= 0.3 is 0 Å². The number of aromatic nitrogens is 1. The summed E-state index contributed by atoms with van der Waals surface area (Å²) in [6.07, 6.45) is 3.41. The van der Waals surface area contributed by atoms with E-state index in [-0.39, 0.29) is 24.1 Å². The summed E-state index contributed by atoms with van der Waals surface area (Å²) in [4.78, 5) is 7.24. The van der Waals surface area contributed by atoms with E-state index in [9.17, 15) is 0 Å². The molecule has 2 aliphatic heterocycles. The molecule has 7 nitrogen and oxygen atoms in total. The number of fused-ring (bicyclic) bond motifs is 3. The summed E-state index contributed by atoms with van der Waals surface area (Å²) >= 11 is 0. The van der Waals surface area contributed by atoms with Crippen LogP contribution in [0.15, 0.2) is 91.1 Å². The van der Waals surface area contributed by atoms with E-state index in [0.717, 1.165) is 54.3 Å². The Labute approximate surface area is 260 Å². The molecule has 1 saturated heterocycles. The highest BCUT2D eigenvalue weighted by atomic mass is 16.6. The number of hydrogen-bond donors (Lipinski definition) is 1. The molecule has 0 saturated carbocycles. The molecule has 0 bridgehead atoms.